The van der Waals surface area contributed by atoms with Crippen molar-refractivity contribution in [2.75, 3.05) is 6.54 Å². The molecule has 1 aromatic carbocycles. The van der Waals surface area contributed by atoms with Crippen LogP contribution in [0.4, 0.5) is 0 Å². The number of rotatable bonds is 5. The lowest BCUT2D eigenvalue weighted by atomic mass is 9.95. The summed E-state index contributed by atoms with van der Waals surface area (Å²) in [6.07, 6.45) is 7.36. The van der Waals surface area contributed by atoms with E-state index in [0.717, 1.165) is 13.0 Å². The van der Waals surface area contributed by atoms with E-state index in [9.17, 15) is 0 Å². The second-order valence-electron chi connectivity index (χ2n) is 5.69. The number of fused-ring (bicyclic) bond motifs is 1. The average Bonchev–Trinajstić information content (AvgIpc) is 3.02. The first-order valence-electron chi connectivity index (χ1n) is 7.57. The summed E-state index contributed by atoms with van der Waals surface area (Å²) in [5.41, 5.74) is 3.02. The van der Waals surface area contributed by atoms with Gasteiger partial charge in [0.25, 0.3) is 0 Å². The third-order valence-electron chi connectivity index (χ3n) is 4.43. The van der Waals surface area contributed by atoms with Crippen LogP contribution in [0.1, 0.15) is 36.3 Å². The molecule has 2 aromatic rings. The Morgan fingerprint density at radius 3 is 2.95 bits per heavy atom. The minimum absolute atomic E-state index is 0.511. The molecule has 0 saturated heterocycles. The van der Waals surface area contributed by atoms with Gasteiger partial charge in [0.15, 0.2) is 0 Å². The van der Waals surface area contributed by atoms with Crippen molar-refractivity contribution in [3.8, 4) is 0 Å². The highest BCUT2D eigenvalue weighted by atomic mass is 15.0. The zero-order valence-corrected chi connectivity index (χ0v) is 12.3. The summed E-state index contributed by atoms with van der Waals surface area (Å²) in [7, 11) is 2.08. The number of imidazole rings is 1. The largest absolute Gasteiger partial charge is 0.338 e. The predicted molar refractivity (Wildman–Crippen MR) is 81.6 cm³/mol. The molecule has 2 unspecified atom stereocenters. The molecule has 0 spiro atoms. The van der Waals surface area contributed by atoms with Crippen LogP contribution in [0.3, 0.4) is 0 Å². The normalized spacial score (nSPS) is 21.1. The molecule has 106 valence electrons. The van der Waals surface area contributed by atoms with E-state index in [2.05, 4.69) is 53.1 Å². The van der Waals surface area contributed by atoms with Gasteiger partial charge in [0, 0.05) is 31.9 Å². The van der Waals surface area contributed by atoms with E-state index >= 15 is 0 Å². The highest BCUT2D eigenvalue weighted by Crippen LogP contribution is 2.38. The molecule has 1 aliphatic carbocycles. The molecule has 0 bridgehead atoms. The third-order valence-corrected chi connectivity index (χ3v) is 4.43. The smallest absolute Gasteiger partial charge is 0.108 e. The molecule has 2 atom stereocenters. The van der Waals surface area contributed by atoms with Crippen molar-refractivity contribution in [1.29, 1.82) is 0 Å². The van der Waals surface area contributed by atoms with Gasteiger partial charge in [-0.1, -0.05) is 31.2 Å². The Labute approximate surface area is 121 Å². The molecular formula is C17H23N3. The lowest BCUT2D eigenvalue weighted by Gasteiger charge is -2.21. The molecule has 3 heteroatoms. The summed E-state index contributed by atoms with van der Waals surface area (Å²) in [6.45, 7) is 3.22. The first kappa shape index (κ1) is 13.4. The van der Waals surface area contributed by atoms with Crippen molar-refractivity contribution in [3.63, 3.8) is 0 Å². The van der Waals surface area contributed by atoms with E-state index in [1.807, 2.05) is 12.4 Å². The van der Waals surface area contributed by atoms with Gasteiger partial charge >= 0.3 is 0 Å². The molecule has 0 aliphatic heterocycles. The number of hydrogen-bond donors (Lipinski definition) is 1. The fraction of sp³-hybridized carbons (Fsp3) is 0.471. The van der Waals surface area contributed by atoms with Crippen molar-refractivity contribution in [1.82, 2.24) is 14.9 Å². The molecule has 0 amide bonds. The van der Waals surface area contributed by atoms with Crippen molar-refractivity contribution in [3.05, 3.63) is 53.6 Å². The van der Waals surface area contributed by atoms with E-state index in [4.69, 9.17) is 0 Å². The van der Waals surface area contributed by atoms with E-state index in [-0.39, 0.29) is 0 Å². The van der Waals surface area contributed by atoms with Crippen molar-refractivity contribution in [2.45, 2.75) is 32.2 Å². The molecule has 3 nitrogen and oxygen atoms in total. The molecule has 1 N–H and O–H groups in total. The number of aryl methyl sites for hydroxylation is 2. The quantitative estimate of drug-likeness (QED) is 0.904. The lowest BCUT2D eigenvalue weighted by Crippen LogP contribution is -2.25. The molecule has 3 rings (SSSR count). The highest BCUT2D eigenvalue weighted by Gasteiger charge is 2.31. The maximum atomic E-state index is 4.44. The Balaban J connectivity index is 1.72. The second kappa shape index (κ2) is 5.80. The minimum Gasteiger partial charge on any atom is -0.338 e. The predicted octanol–water partition coefficient (Wildman–Crippen LogP) is 2.88. The van der Waals surface area contributed by atoms with Crippen LogP contribution in [-0.4, -0.2) is 16.1 Å². The van der Waals surface area contributed by atoms with Gasteiger partial charge in [-0.3, -0.25) is 0 Å². The van der Waals surface area contributed by atoms with Crippen LogP contribution in [-0.2, 0) is 19.9 Å². The molecule has 20 heavy (non-hydrogen) atoms. The zero-order chi connectivity index (χ0) is 13.9. The fourth-order valence-electron chi connectivity index (χ4n) is 3.39. The first-order valence-corrected chi connectivity index (χ1v) is 7.57. The molecule has 0 fully saturated rings. The highest BCUT2D eigenvalue weighted by molar-refractivity contribution is 5.35. The van der Waals surface area contributed by atoms with Gasteiger partial charge in [0.05, 0.1) is 0 Å². The Bertz CT molecular complexity index is 573. The summed E-state index contributed by atoms with van der Waals surface area (Å²) in [6, 6.07) is 9.38. The Morgan fingerprint density at radius 1 is 1.35 bits per heavy atom. The molecular weight excluding hydrogens is 246 g/mol. The van der Waals surface area contributed by atoms with Crippen molar-refractivity contribution >= 4 is 0 Å². The van der Waals surface area contributed by atoms with Gasteiger partial charge in [-0.05, 0) is 36.4 Å². The van der Waals surface area contributed by atoms with Gasteiger partial charge in [0.2, 0.25) is 0 Å². The number of hydrogen-bond acceptors (Lipinski definition) is 2. The summed E-state index contributed by atoms with van der Waals surface area (Å²) < 4.78 is 2.13. The first-order chi connectivity index (χ1) is 9.79. The monoisotopic (exact) mass is 269 g/mol. The van der Waals surface area contributed by atoms with Crippen LogP contribution >= 0.6 is 0 Å². The number of benzene rings is 1. The van der Waals surface area contributed by atoms with Crippen LogP contribution in [0.5, 0.6) is 0 Å². The number of nitrogens with one attached hydrogen (secondary N) is 1. The van der Waals surface area contributed by atoms with E-state index in [1.54, 1.807) is 0 Å². The van der Waals surface area contributed by atoms with E-state index < -0.39 is 0 Å². The Hall–Kier alpha value is -1.61. The molecule has 0 saturated carbocycles. The molecule has 1 aromatic heterocycles. The molecule has 0 radical (unpaired) electrons. The number of nitrogens with zero attached hydrogens (tertiary/aromatic N) is 2. The van der Waals surface area contributed by atoms with Crippen LogP contribution in [0.15, 0.2) is 36.7 Å². The maximum absolute atomic E-state index is 4.44. The van der Waals surface area contributed by atoms with Crippen LogP contribution in [0.2, 0.25) is 0 Å². The van der Waals surface area contributed by atoms with Crippen molar-refractivity contribution < 1.29 is 0 Å². The van der Waals surface area contributed by atoms with Gasteiger partial charge < -0.3 is 9.88 Å². The number of aromatic nitrogens is 2. The fourth-order valence-corrected chi connectivity index (χ4v) is 3.39. The van der Waals surface area contributed by atoms with Crippen LogP contribution in [0.25, 0.3) is 0 Å². The van der Waals surface area contributed by atoms with Crippen LogP contribution < -0.4 is 5.32 Å². The third kappa shape index (κ3) is 2.50. The summed E-state index contributed by atoms with van der Waals surface area (Å²) >= 11 is 0. The zero-order valence-electron chi connectivity index (χ0n) is 12.3. The van der Waals surface area contributed by atoms with Gasteiger partial charge in [-0.25, -0.2) is 4.98 Å². The lowest BCUT2D eigenvalue weighted by molar-refractivity contribution is 0.370. The van der Waals surface area contributed by atoms with Gasteiger partial charge in [0.1, 0.15) is 5.82 Å². The molecule has 1 aliphatic rings. The average molecular weight is 269 g/mol. The SMILES string of the molecule is CCNC1c2ccccc2CC1CCc1nccn1C. The van der Waals surface area contributed by atoms with Crippen molar-refractivity contribution in [2.24, 2.45) is 13.0 Å². The summed E-state index contributed by atoms with van der Waals surface area (Å²) in [5, 5.41) is 3.67. The summed E-state index contributed by atoms with van der Waals surface area (Å²) in [4.78, 5) is 4.44. The second-order valence-corrected chi connectivity index (χ2v) is 5.69. The van der Waals surface area contributed by atoms with E-state index in [1.165, 1.54) is 29.8 Å². The Kier molecular flexibility index (Phi) is 3.88. The van der Waals surface area contributed by atoms with Gasteiger partial charge in [-0.2, -0.15) is 0 Å². The molecule has 1 heterocycles. The minimum atomic E-state index is 0.511. The topological polar surface area (TPSA) is 29.9 Å². The Morgan fingerprint density at radius 2 is 2.20 bits per heavy atom. The van der Waals surface area contributed by atoms with Crippen LogP contribution in [0, 0.1) is 5.92 Å². The standard InChI is InChI=1S/C17H23N3/c1-3-18-17-14(8-9-16-19-10-11-20(16)2)12-13-6-4-5-7-15(13)17/h4-7,10-11,14,17-18H,3,8-9,12H2,1-2H3. The summed E-state index contributed by atoms with van der Waals surface area (Å²) in [5.74, 6) is 1.88. The van der Waals surface area contributed by atoms with E-state index in [0.29, 0.717) is 12.0 Å². The van der Waals surface area contributed by atoms with Gasteiger partial charge in [-0.15, -0.1) is 0 Å². The maximum Gasteiger partial charge on any atom is 0.108 e.